The average molecular weight is 2110 g/mol. The number of rotatable bonds is 21. The molecule has 0 aliphatic rings. The van der Waals surface area contributed by atoms with E-state index in [1.165, 1.54) is 0 Å². The molecule has 49 heavy (non-hydrogen) atoms. The van der Waals surface area contributed by atoms with Gasteiger partial charge in [0.25, 0.3) is 0 Å². The molecule has 0 fully saturated rings. The van der Waals surface area contributed by atoms with Gasteiger partial charge >= 0.3 is 0 Å². The molecule has 0 bridgehead atoms. The number of alkyl halides is 10. The molecule has 29 heteroatoms. The third-order valence-corrected chi connectivity index (χ3v) is 9.04. The van der Waals surface area contributed by atoms with Crippen LogP contribution in [0.25, 0.3) is 0 Å². The molecule has 4 nitrogen and oxygen atoms in total. The van der Waals surface area contributed by atoms with Gasteiger partial charge in [-0.3, -0.25) is 0 Å². The minimum Gasteiger partial charge on any atom is -0.453 e. The Hall–Kier alpha value is -4.46. The fourth-order valence-corrected chi connectivity index (χ4v) is 5.24. The Labute approximate surface area is 264 Å². The number of aliphatic hydroxyl groups excluding tert-OH is 4. The topological polar surface area (TPSA) is 80.9 Å². The van der Waals surface area contributed by atoms with E-state index in [0.29, 0.717) is 0 Å². The van der Waals surface area contributed by atoms with Gasteiger partial charge in [-0.05, 0) is 6.92 Å². The summed E-state index contributed by atoms with van der Waals surface area (Å²) in [6, 6.07) is 0. The fourth-order valence-electron chi connectivity index (χ4n) is 1.63. The SMILES string of the molecule is CC(CO)(CSC(F)(F)[CH-]F)SC(F)(F)[CH-]F.OC(CSC(F)(F)[CH-]F)C(O)CSC(F)(F)[CH-]F.OCCSC(F)(F)[CH-]F.[Rf].[Rf].[Rf].[Rf].[Rf]. The number of halogens is 15. The molecule has 0 saturated carbocycles. The normalized spacial score (nSPS) is 14.2. The largest absolute Gasteiger partial charge is 0.453 e. The van der Waals surface area contributed by atoms with Crippen molar-refractivity contribution in [2.75, 3.05) is 36.2 Å². The Morgan fingerprint density at radius 2 is 0.796 bits per heavy atom. The third kappa shape index (κ3) is 33.2. The Balaban J connectivity index is -0.0000000853. The molecule has 0 aliphatic carbocycles. The summed E-state index contributed by atoms with van der Waals surface area (Å²) in [6.45, 7) is -4.43. The van der Waals surface area contributed by atoms with Crippen molar-refractivity contribution in [3.05, 3.63) is 33.4 Å². The quantitative estimate of drug-likeness (QED) is 0.0684. The summed E-state index contributed by atoms with van der Waals surface area (Å²) in [6.07, 6.45) is -3.52. The van der Waals surface area contributed by atoms with Crippen LogP contribution in [-0.4, -0.2) is 99.9 Å². The van der Waals surface area contributed by atoms with Gasteiger partial charge in [-0.2, -0.15) is 0 Å². The molecule has 0 rings (SSSR count). The van der Waals surface area contributed by atoms with Crippen LogP contribution in [0.2, 0.25) is 0 Å². The zero-order chi connectivity index (χ0) is 35.5. The van der Waals surface area contributed by atoms with Gasteiger partial charge in [-0.15, -0.1) is 58.8 Å². The van der Waals surface area contributed by atoms with Gasteiger partial charge in [0.2, 0.25) is 26.3 Å². The molecule has 4 N–H and O–H groups in total. The minimum atomic E-state index is -3.90. The molecule has 3 unspecified atom stereocenters. The van der Waals surface area contributed by atoms with Gasteiger partial charge in [-0.1, -0.05) is 33.4 Å². The second kappa shape index (κ2) is 27.5. The van der Waals surface area contributed by atoms with Crippen molar-refractivity contribution in [2.24, 2.45) is 0 Å². The Kier molecular flexibility index (Phi) is 35.5. The van der Waals surface area contributed by atoms with Crippen LogP contribution >= 0.6 is 58.8 Å². The van der Waals surface area contributed by atoms with Crippen LogP contribution in [0.1, 0.15) is 6.92 Å². The molecule has 0 saturated heterocycles. The van der Waals surface area contributed by atoms with Gasteiger partial charge in [0.1, 0.15) is 0 Å². The van der Waals surface area contributed by atoms with Crippen molar-refractivity contribution in [3.8, 4) is 0 Å². The third-order valence-electron chi connectivity index (χ3n) is 3.65. The number of aliphatic hydroxyl groups is 4. The van der Waals surface area contributed by atoms with Crippen LogP contribution in [0, 0.1) is 33.4 Å². The van der Waals surface area contributed by atoms with Gasteiger partial charge in [-0.25, -0.2) is 43.9 Å². The average Bonchev–Trinajstić information content (AvgIpc) is 2.97. The zero-order valence-corrected chi connectivity index (χ0v) is 61.4. The predicted molar refractivity (Wildman–Crippen MR) is 144 cm³/mol. The molecular weight excluding hydrogens is 2080 g/mol. The zero-order valence-electron chi connectivity index (χ0n) is 25.3. The fraction of sp³-hybridized carbons (Fsp3) is 0.750. The van der Waals surface area contributed by atoms with Crippen molar-refractivity contribution in [1.29, 1.82) is 0 Å². The molecule has 0 aromatic carbocycles. The van der Waals surface area contributed by atoms with Gasteiger partial charge in [0.15, 0.2) is 0 Å². The Morgan fingerprint density at radius 3 is 1.06 bits per heavy atom. The van der Waals surface area contributed by atoms with Gasteiger partial charge in [0, 0.05) is 27.8 Å². The molecule has 0 aromatic heterocycles. The summed E-state index contributed by atoms with van der Waals surface area (Å²) in [5.41, 5.74) is 0. The van der Waals surface area contributed by atoms with E-state index in [1.807, 2.05) is 0 Å². The molecule has 0 aliphatic heterocycles. The van der Waals surface area contributed by atoms with Crippen LogP contribution in [0.3, 0.4) is 0 Å². The van der Waals surface area contributed by atoms with E-state index in [4.69, 9.17) is 20.4 Å². The Morgan fingerprint density at radius 1 is 0.510 bits per heavy atom. The monoisotopic (exact) mass is 2110 g/mol. The van der Waals surface area contributed by atoms with E-state index < -0.39 is 100 Å². The van der Waals surface area contributed by atoms with E-state index in [1.54, 1.807) is 0 Å². The summed E-state index contributed by atoms with van der Waals surface area (Å²) < 4.78 is 179. The molecule has 0 heterocycles. The van der Waals surface area contributed by atoms with Crippen LogP contribution < -0.4 is 0 Å². The smallest absolute Gasteiger partial charge is 0.204 e. The number of thioether (sulfide) groups is 5. The maximum absolute atomic E-state index is 12.7. The van der Waals surface area contributed by atoms with Crippen LogP contribution in [0.15, 0.2) is 0 Å². The van der Waals surface area contributed by atoms with Crippen molar-refractivity contribution >= 4 is 58.8 Å². The summed E-state index contributed by atoms with van der Waals surface area (Å²) in [5, 5.41) is 16.4. The van der Waals surface area contributed by atoms with Crippen molar-refractivity contribution < 1.29 is 86.3 Å². The van der Waals surface area contributed by atoms with Gasteiger partial charge < -0.3 is 42.4 Å². The van der Waals surface area contributed by atoms with E-state index in [-0.39, 0.29) is 71.2 Å². The van der Waals surface area contributed by atoms with Crippen molar-refractivity contribution in [3.63, 3.8) is 0 Å². The van der Waals surface area contributed by atoms with E-state index >= 15 is 0 Å². The number of hydrogen-bond donors (Lipinski definition) is 4. The van der Waals surface area contributed by atoms with Crippen molar-refractivity contribution in [1.82, 2.24) is 0 Å². The molecule has 0 radical (unpaired) electrons. The van der Waals surface area contributed by atoms with Crippen LogP contribution in [-0.2, 0) is 0 Å². The van der Waals surface area contributed by atoms with Crippen molar-refractivity contribution in [2.45, 2.75) is 50.2 Å². The second-order valence-electron chi connectivity index (χ2n) is 7.68. The first-order valence-corrected chi connectivity index (χ1v) is 15.6. The van der Waals surface area contributed by atoms with Crippen LogP contribution in [0.5, 0.6) is 0 Å². The second-order valence-corrected chi connectivity index (χ2v) is 14.1. The summed E-state index contributed by atoms with van der Waals surface area (Å²) in [4.78, 5) is 0. The van der Waals surface area contributed by atoms with Gasteiger partial charge in [0.05, 0.1) is 25.4 Å². The minimum absolute atomic E-state index is 0. The first kappa shape index (κ1) is 63.2. The first-order valence-electron chi connectivity index (χ1n) is 10.8. The molecule has 280 valence electrons. The summed E-state index contributed by atoms with van der Waals surface area (Å²) in [5.74, 6) is -2.36. The van der Waals surface area contributed by atoms with E-state index in [0.717, 1.165) is 6.92 Å². The Bertz CT molecular complexity index is 734. The molecule has 3 atom stereocenters. The molecule has 0 spiro atoms. The number of hydrogen-bond acceptors (Lipinski definition) is 9. The predicted octanol–water partition coefficient (Wildman–Crippen LogP) is 7.71. The summed E-state index contributed by atoms with van der Waals surface area (Å²) >= 11 is -1.09. The summed E-state index contributed by atoms with van der Waals surface area (Å²) in [7, 11) is 0. The maximum atomic E-state index is 12.7. The standard InChI is InChI=1S/C8H10F6O2S2.C8H10F6OS2.C4H6F3OS.5Rf/c9-3-7(11,12)17-1-5(15)6(16)2-18-8(13,14)4-10;1-6(4-15,17-8(13,14)3-10)5-16-7(11,12)2-9;5-3-4(6,7)9-2-1-8;;;;;/h3-6,15-16H,1-2H2;2-3,15H,4-5H2,1H3;3,8H,1-2H2;;;;;/q2*-2;-1;;;;;. The molecule has 0 amide bonds. The maximum Gasteiger partial charge on any atom is 0.204 e. The van der Waals surface area contributed by atoms with E-state index in [9.17, 15) is 65.9 Å². The van der Waals surface area contributed by atoms with Crippen LogP contribution in [0.4, 0.5) is 65.9 Å². The van der Waals surface area contributed by atoms with E-state index in [2.05, 4.69) is 0 Å². The first-order chi connectivity index (χ1) is 19.9. The molecular formula is C20H26F15O4Rf5S5-5. The molecule has 0 aromatic rings.